The first-order valence-corrected chi connectivity index (χ1v) is 11.1. The fourth-order valence-corrected chi connectivity index (χ4v) is 4.51. The monoisotopic (exact) mass is 435 g/mol. The molecule has 3 amide bonds. The molecule has 4 rings (SSSR count). The molecule has 3 aromatic rings. The zero-order valence-corrected chi connectivity index (χ0v) is 18.4. The molecule has 0 spiro atoms. The van der Waals surface area contributed by atoms with Crippen LogP contribution in [-0.4, -0.2) is 40.1 Å². The number of benzene rings is 2. The highest BCUT2D eigenvalue weighted by Crippen LogP contribution is 2.30. The van der Waals surface area contributed by atoms with E-state index in [1.54, 1.807) is 0 Å². The lowest BCUT2D eigenvalue weighted by Crippen LogP contribution is -2.41. The summed E-state index contributed by atoms with van der Waals surface area (Å²) in [7, 11) is 0. The highest BCUT2D eigenvalue weighted by Gasteiger charge is 2.28. The third kappa shape index (κ3) is 4.91. The Hall–Kier alpha value is -3.26. The van der Waals surface area contributed by atoms with E-state index in [1.165, 1.54) is 11.3 Å². The molecule has 0 unspecified atom stereocenters. The van der Waals surface area contributed by atoms with E-state index in [2.05, 4.69) is 20.8 Å². The average molecular weight is 436 g/mol. The lowest BCUT2D eigenvalue weighted by molar-refractivity contribution is 0.102. The van der Waals surface area contributed by atoms with Crippen LogP contribution < -0.4 is 10.6 Å². The summed E-state index contributed by atoms with van der Waals surface area (Å²) < 4.78 is 0. The van der Waals surface area contributed by atoms with Crippen molar-refractivity contribution in [3.63, 3.8) is 0 Å². The van der Waals surface area contributed by atoms with Gasteiger partial charge in [0, 0.05) is 30.4 Å². The first kappa shape index (κ1) is 21.0. The van der Waals surface area contributed by atoms with E-state index >= 15 is 0 Å². The van der Waals surface area contributed by atoms with Crippen molar-refractivity contribution in [3.8, 4) is 0 Å². The van der Waals surface area contributed by atoms with Crippen LogP contribution in [0.15, 0.2) is 48.5 Å². The van der Waals surface area contributed by atoms with Crippen molar-refractivity contribution in [1.82, 2.24) is 15.1 Å². The Morgan fingerprint density at radius 2 is 1.84 bits per heavy atom. The highest BCUT2D eigenvalue weighted by molar-refractivity contribution is 7.13. The van der Waals surface area contributed by atoms with Crippen LogP contribution in [0, 0.1) is 13.8 Å². The molecule has 160 valence electrons. The van der Waals surface area contributed by atoms with Crippen LogP contribution in [0.5, 0.6) is 0 Å². The van der Waals surface area contributed by atoms with Gasteiger partial charge in [-0.05, 0) is 56.0 Å². The molecule has 8 heteroatoms. The fraction of sp³-hybridized carbons (Fsp3) is 0.304. The second kappa shape index (κ2) is 9.26. The summed E-state index contributed by atoms with van der Waals surface area (Å²) in [6, 6.07) is 15.1. The molecule has 1 aliphatic heterocycles. The summed E-state index contributed by atoms with van der Waals surface area (Å²) in [6.07, 6.45) is 1.80. The topological polar surface area (TPSA) is 87.2 Å². The number of carbonyl (C=O) groups is 2. The van der Waals surface area contributed by atoms with E-state index in [0.29, 0.717) is 18.1 Å². The third-order valence-electron chi connectivity index (χ3n) is 5.57. The number of nitrogens with zero attached hydrogens (tertiary/aromatic N) is 3. The molecule has 1 aromatic heterocycles. The maximum absolute atomic E-state index is 12.8. The van der Waals surface area contributed by atoms with Crippen LogP contribution in [0.1, 0.15) is 44.7 Å². The number of piperidine rings is 1. The van der Waals surface area contributed by atoms with Crippen LogP contribution >= 0.6 is 11.3 Å². The minimum Gasteiger partial charge on any atom is -0.324 e. The van der Waals surface area contributed by atoms with Crippen LogP contribution in [0.2, 0.25) is 0 Å². The molecule has 0 bridgehead atoms. The number of hydrogen-bond donors (Lipinski definition) is 2. The molecule has 0 saturated carbocycles. The summed E-state index contributed by atoms with van der Waals surface area (Å²) in [6.45, 7) is 5.30. The van der Waals surface area contributed by atoms with Crippen LogP contribution in [0.25, 0.3) is 0 Å². The SMILES string of the molecule is Cc1cccc(NC(=O)N2CCC[C@@H](c3nnc(C(=O)Nc4ccccc4)s3)C2)c1C. The number of carbonyl (C=O) groups excluding carboxylic acids is 2. The van der Waals surface area contributed by atoms with Crippen molar-refractivity contribution in [2.45, 2.75) is 32.6 Å². The van der Waals surface area contributed by atoms with Gasteiger partial charge in [-0.3, -0.25) is 4.79 Å². The minimum absolute atomic E-state index is 0.0777. The van der Waals surface area contributed by atoms with Gasteiger partial charge in [0.15, 0.2) is 0 Å². The first-order chi connectivity index (χ1) is 15.0. The summed E-state index contributed by atoms with van der Waals surface area (Å²) in [5, 5.41) is 15.3. The van der Waals surface area contributed by atoms with Crippen molar-refractivity contribution in [2.75, 3.05) is 23.7 Å². The van der Waals surface area contributed by atoms with E-state index in [4.69, 9.17) is 0 Å². The molecular weight excluding hydrogens is 410 g/mol. The summed E-state index contributed by atoms with van der Waals surface area (Å²) >= 11 is 1.30. The lowest BCUT2D eigenvalue weighted by atomic mass is 9.99. The van der Waals surface area contributed by atoms with E-state index in [0.717, 1.165) is 40.4 Å². The van der Waals surface area contributed by atoms with Crippen molar-refractivity contribution in [1.29, 1.82) is 0 Å². The van der Waals surface area contributed by atoms with E-state index in [-0.39, 0.29) is 17.9 Å². The smallest absolute Gasteiger partial charge is 0.321 e. The largest absolute Gasteiger partial charge is 0.324 e. The number of urea groups is 1. The van der Waals surface area contributed by atoms with Crippen molar-refractivity contribution in [2.24, 2.45) is 0 Å². The molecule has 7 nitrogen and oxygen atoms in total. The lowest BCUT2D eigenvalue weighted by Gasteiger charge is -2.31. The molecule has 1 fully saturated rings. The van der Waals surface area contributed by atoms with Gasteiger partial charge in [0.1, 0.15) is 5.01 Å². The first-order valence-electron chi connectivity index (χ1n) is 10.3. The summed E-state index contributed by atoms with van der Waals surface area (Å²) in [5.74, 6) is -0.191. The molecule has 2 N–H and O–H groups in total. The second-order valence-corrected chi connectivity index (χ2v) is 8.74. The zero-order chi connectivity index (χ0) is 21.8. The number of amides is 3. The Balaban J connectivity index is 1.40. The van der Waals surface area contributed by atoms with E-state index in [1.807, 2.05) is 67.3 Å². The van der Waals surface area contributed by atoms with E-state index in [9.17, 15) is 9.59 Å². The maximum Gasteiger partial charge on any atom is 0.321 e. The predicted octanol–water partition coefficient (Wildman–Crippen LogP) is 4.82. The van der Waals surface area contributed by atoms with Gasteiger partial charge in [0.05, 0.1) is 0 Å². The molecule has 2 heterocycles. The Bertz CT molecular complexity index is 1080. The predicted molar refractivity (Wildman–Crippen MR) is 123 cm³/mol. The number of para-hydroxylation sites is 1. The number of anilines is 2. The van der Waals surface area contributed by atoms with Crippen molar-refractivity contribution >= 4 is 34.6 Å². The molecule has 1 aliphatic rings. The van der Waals surface area contributed by atoms with Crippen LogP contribution in [-0.2, 0) is 0 Å². The Morgan fingerprint density at radius 3 is 2.65 bits per heavy atom. The van der Waals surface area contributed by atoms with Gasteiger partial charge < -0.3 is 15.5 Å². The number of nitrogens with one attached hydrogen (secondary N) is 2. The Kier molecular flexibility index (Phi) is 6.27. The number of rotatable bonds is 4. The molecular formula is C23H25N5O2S. The average Bonchev–Trinajstić information content (AvgIpc) is 3.28. The van der Waals surface area contributed by atoms with Gasteiger partial charge in [-0.25, -0.2) is 4.79 Å². The summed E-state index contributed by atoms with van der Waals surface area (Å²) in [4.78, 5) is 27.1. The highest BCUT2D eigenvalue weighted by atomic mass is 32.1. The molecule has 2 aromatic carbocycles. The minimum atomic E-state index is -0.268. The van der Waals surface area contributed by atoms with Crippen LogP contribution in [0.4, 0.5) is 16.2 Å². The van der Waals surface area contributed by atoms with Crippen LogP contribution in [0.3, 0.4) is 0 Å². The molecule has 31 heavy (non-hydrogen) atoms. The number of aryl methyl sites for hydroxylation is 1. The van der Waals surface area contributed by atoms with Gasteiger partial charge in [-0.1, -0.05) is 41.7 Å². The molecule has 0 aliphatic carbocycles. The van der Waals surface area contributed by atoms with Gasteiger partial charge in [0.2, 0.25) is 5.01 Å². The van der Waals surface area contributed by atoms with Crippen molar-refractivity contribution in [3.05, 3.63) is 69.7 Å². The number of likely N-dealkylation sites (tertiary alicyclic amines) is 1. The van der Waals surface area contributed by atoms with E-state index < -0.39 is 0 Å². The van der Waals surface area contributed by atoms with Gasteiger partial charge in [0.25, 0.3) is 5.91 Å². The Labute approximate surface area is 185 Å². The van der Waals surface area contributed by atoms with Crippen molar-refractivity contribution < 1.29 is 9.59 Å². The zero-order valence-electron chi connectivity index (χ0n) is 17.6. The quantitative estimate of drug-likeness (QED) is 0.615. The number of aromatic nitrogens is 2. The Morgan fingerprint density at radius 1 is 1.03 bits per heavy atom. The molecule has 0 radical (unpaired) electrons. The second-order valence-electron chi connectivity index (χ2n) is 7.73. The molecule has 1 saturated heterocycles. The maximum atomic E-state index is 12.8. The standard InChI is InChI=1S/C23H25N5O2S/c1-15-8-6-12-19(16(15)2)25-23(30)28-13-7-9-17(14-28)21-26-27-22(31-21)20(29)24-18-10-4-3-5-11-18/h3-6,8,10-12,17H,7,9,13-14H2,1-2H3,(H,24,29)(H,25,30)/t17-/m1/s1. The molecule has 1 atom stereocenters. The number of hydrogen-bond acceptors (Lipinski definition) is 5. The van der Waals surface area contributed by atoms with Gasteiger partial charge in [-0.15, -0.1) is 10.2 Å². The summed E-state index contributed by atoms with van der Waals surface area (Å²) in [5.41, 5.74) is 3.77. The fourth-order valence-electron chi connectivity index (χ4n) is 3.64. The van der Waals surface area contributed by atoms with Gasteiger partial charge in [-0.2, -0.15) is 0 Å². The normalized spacial score (nSPS) is 16.1. The third-order valence-corrected chi connectivity index (χ3v) is 6.66. The van der Waals surface area contributed by atoms with Gasteiger partial charge >= 0.3 is 6.03 Å².